The van der Waals surface area contributed by atoms with Gasteiger partial charge >= 0.3 is 136 Å². The molecule has 0 heterocycles. The van der Waals surface area contributed by atoms with Crippen LogP contribution >= 0.6 is 0 Å². The van der Waals surface area contributed by atoms with Crippen molar-refractivity contribution in [2.24, 2.45) is 0 Å². The molecule has 0 unspecified atom stereocenters. The van der Waals surface area contributed by atoms with Gasteiger partial charge in [0.15, 0.2) is 0 Å². The first-order valence-corrected chi connectivity index (χ1v) is 13.8. The van der Waals surface area contributed by atoms with Crippen LogP contribution in [-0.2, 0) is 0 Å². The van der Waals surface area contributed by atoms with Crippen molar-refractivity contribution in [1.29, 1.82) is 0 Å². The van der Waals surface area contributed by atoms with Gasteiger partial charge in [-0.1, -0.05) is 0 Å². The zero-order chi connectivity index (χ0) is 14.4. The Morgan fingerprint density at radius 1 is 0.800 bits per heavy atom. The maximum absolute atomic E-state index is 2.56. The molecule has 2 aromatic rings. The van der Waals surface area contributed by atoms with Crippen LogP contribution in [0.1, 0.15) is 0 Å². The Morgan fingerprint density at radius 2 is 1.30 bits per heavy atom. The molecule has 0 saturated heterocycles. The predicted molar refractivity (Wildman–Crippen MR) is 95.1 cm³/mol. The first-order chi connectivity index (χ1) is 9.55. The number of hydrogen-bond donors (Lipinski definition) is 0. The second-order valence-electron chi connectivity index (χ2n) is 5.58. The molecule has 0 spiro atoms. The van der Waals surface area contributed by atoms with Crippen LogP contribution in [0, 0.1) is 0 Å². The molecule has 0 aliphatic rings. The zero-order valence-electron chi connectivity index (χ0n) is 12.2. The monoisotopic (exact) mass is 412 g/mol. The molecule has 0 atom stereocenters. The molecule has 0 aliphatic carbocycles. The van der Waals surface area contributed by atoms with E-state index < -0.39 is 8.07 Å². The molecule has 0 amide bonds. The summed E-state index contributed by atoms with van der Waals surface area (Å²) in [6.45, 7) is 7.39. The summed E-state index contributed by atoms with van der Waals surface area (Å²) in [4.78, 5) is 2.56. The van der Waals surface area contributed by atoms with Crippen molar-refractivity contribution >= 4 is 46.9 Å². The fourth-order valence-electron chi connectivity index (χ4n) is 1.59. The zero-order valence-corrected chi connectivity index (χ0v) is 16.6. The fraction of sp³-hybridized carbons (Fsp3) is 0.176. The second-order valence-corrected chi connectivity index (χ2v) is 15.7. The summed E-state index contributed by atoms with van der Waals surface area (Å²) in [6.07, 6.45) is 0. The molecule has 0 aliphatic heterocycles. The molecule has 104 valence electrons. The SMILES string of the molecule is C[Si](C)(C)/C(=C/[Se]c1ccccc1)[Se]c1ccccc1. The van der Waals surface area contributed by atoms with E-state index in [2.05, 4.69) is 85.3 Å². The van der Waals surface area contributed by atoms with Gasteiger partial charge in [0.1, 0.15) is 0 Å². The van der Waals surface area contributed by atoms with Crippen molar-refractivity contribution in [3.63, 3.8) is 0 Å². The van der Waals surface area contributed by atoms with Crippen molar-refractivity contribution in [1.82, 2.24) is 0 Å². The van der Waals surface area contributed by atoms with E-state index in [1.165, 1.54) is 8.92 Å². The van der Waals surface area contributed by atoms with Crippen LogP contribution in [0.2, 0.25) is 19.6 Å². The second kappa shape index (κ2) is 7.45. The topological polar surface area (TPSA) is 0 Å². The standard InChI is InChI=1S/C17H20Se2Si/c1-20(2,3)17(19-16-12-8-5-9-13-16)14-18-15-10-6-4-7-11-15/h4-14H,1-3H3/b17-14+. The van der Waals surface area contributed by atoms with E-state index in [1.54, 1.807) is 4.09 Å². The van der Waals surface area contributed by atoms with Crippen molar-refractivity contribution < 1.29 is 0 Å². The molecular formula is C17H20Se2Si. The molecule has 2 rings (SSSR count). The van der Waals surface area contributed by atoms with E-state index in [4.69, 9.17) is 0 Å². The summed E-state index contributed by atoms with van der Waals surface area (Å²) in [5.74, 6) is 0. The Bertz CT molecular complexity index is 557. The van der Waals surface area contributed by atoms with Crippen molar-refractivity contribution in [3.05, 3.63) is 69.7 Å². The molecule has 0 N–H and O–H groups in total. The van der Waals surface area contributed by atoms with Crippen LogP contribution in [-0.4, -0.2) is 38.0 Å². The molecule has 0 fully saturated rings. The normalized spacial score (nSPS) is 12.4. The van der Waals surface area contributed by atoms with Gasteiger partial charge in [0.05, 0.1) is 0 Å². The van der Waals surface area contributed by atoms with Gasteiger partial charge in [-0.15, -0.1) is 0 Å². The third kappa shape index (κ3) is 5.08. The summed E-state index contributed by atoms with van der Waals surface area (Å²) in [5, 5.41) is 0. The average molecular weight is 410 g/mol. The van der Waals surface area contributed by atoms with E-state index >= 15 is 0 Å². The summed E-state index contributed by atoms with van der Waals surface area (Å²) < 4.78 is 4.71. The van der Waals surface area contributed by atoms with E-state index in [0.29, 0.717) is 29.9 Å². The molecule has 0 saturated carbocycles. The summed E-state index contributed by atoms with van der Waals surface area (Å²) >= 11 is 0.954. The Morgan fingerprint density at radius 3 is 1.80 bits per heavy atom. The molecule has 0 aromatic heterocycles. The van der Waals surface area contributed by atoms with Gasteiger partial charge in [0.2, 0.25) is 0 Å². The number of benzene rings is 2. The van der Waals surface area contributed by atoms with Gasteiger partial charge in [-0.05, 0) is 0 Å². The van der Waals surface area contributed by atoms with Gasteiger partial charge < -0.3 is 0 Å². The molecule has 0 radical (unpaired) electrons. The Labute approximate surface area is 136 Å². The predicted octanol–water partition coefficient (Wildman–Crippen LogP) is 2.76. The van der Waals surface area contributed by atoms with Crippen molar-refractivity contribution in [2.75, 3.05) is 0 Å². The van der Waals surface area contributed by atoms with Crippen molar-refractivity contribution in [2.45, 2.75) is 19.6 Å². The van der Waals surface area contributed by atoms with Gasteiger partial charge in [0, 0.05) is 0 Å². The summed E-state index contributed by atoms with van der Waals surface area (Å²) in [7, 11) is -1.22. The van der Waals surface area contributed by atoms with E-state index in [9.17, 15) is 0 Å². The van der Waals surface area contributed by atoms with Crippen LogP contribution in [0.15, 0.2) is 69.7 Å². The minimum atomic E-state index is -1.22. The van der Waals surface area contributed by atoms with E-state index in [1.807, 2.05) is 0 Å². The van der Waals surface area contributed by atoms with Gasteiger partial charge in [0.25, 0.3) is 0 Å². The van der Waals surface area contributed by atoms with Gasteiger partial charge in [-0.2, -0.15) is 0 Å². The molecule has 0 nitrogen and oxygen atoms in total. The van der Waals surface area contributed by atoms with Crippen LogP contribution in [0.5, 0.6) is 0 Å². The first kappa shape index (κ1) is 15.8. The molecule has 0 bridgehead atoms. The molecular weight excluding hydrogens is 390 g/mol. The third-order valence-electron chi connectivity index (χ3n) is 2.76. The Hall–Kier alpha value is -0.564. The minimum absolute atomic E-state index is 0.466. The quantitative estimate of drug-likeness (QED) is 0.666. The summed E-state index contributed by atoms with van der Waals surface area (Å²) in [6, 6.07) is 21.8. The van der Waals surface area contributed by atoms with Crippen LogP contribution < -0.4 is 8.92 Å². The Kier molecular flexibility index (Phi) is 5.89. The molecule has 20 heavy (non-hydrogen) atoms. The number of rotatable bonds is 5. The molecule has 3 heteroatoms. The first-order valence-electron chi connectivity index (χ1n) is 6.71. The Balaban J connectivity index is 2.16. The van der Waals surface area contributed by atoms with Crippen LogP contribution in [0.4, 0.5) is 0 Å². The maximum atomic E-state index is 2.56. The van der Waals surface area contributed by atoms with E-state index in [-0.39, 0.29) is 0 Å². The molecule has 2 aromatic carbocycles. The van der Waals surface area contributed by atoms with Gasteiger partial charge in [-0.3, -0.25) is 0 Å². The average Bonchev–Trinajstić information content (AvgIpc) is 2.44. The van der Waals surface area contributed by atoms with Gasteiger partial charge in [-0.25, -0.2) is 0 Å². The fourth-order valence-corrected chi connectivity index (χ4v) is 10.8. The summed E-state index contributed by atoms with van der Waals surface area (Å²) in [5.41, 5.74) is 0. The van der Waals surface area contributed by atoms with Crippen LogP contribution in [0.25, 0.3) is 0 Å². The van der Waals surface area contributed by atoms with Crippen molar-refractivity contribution in [3.8, 4) is 0 Å². The number of hydrogen-bond acceptors (Lipinski definition) is 0. The van der Waals surface area contributed by atoms with E-state index in [0.717, 1.165) is 0 Å². The third-order valence-corrected chi connectivity index (χ3v) is 13.6. The van der Waals surface area contributed by atoms with Crippen LogP contribution in [0.3, 0.4) is 0 Å².